The van der Waals surface area contributed by atoms with E-state index < -0.39 is 5.60 Å². The quantitative estimate of drug-likeness (QED) is 0.680. The highest BCUT2D eigenvalue weighted by Gasteiger charge is 2.47. The average Bonchev–Trinajstić information content (AvgIpc) is 3.38. The standard InChI is InChI=1S/C20H17N5O3/c26-17-11-20(28-18-7-2-1-6-16(17)18)8-9-24(12-20)19(27)14-4-3-5-15(10-14)25-13-21-22-23-25/h1-7,10,13H,8-9,11-12H2. The highest BCUT2D eigenvalue weighted by atomic mass is 16.5. The molecule has 1 amide bonds. The molecule has 3 aromatic rings. The fraction of sp³-hybridized carbons (Fsp3) is 0.250. The normalized spacial score (nSPS) is 20.9. The van der Waals surface area contributed by atoms with E-state index in [0.29, 0.717) is 48.5 Å². The fourth-order valence-electron chi connectivity index (χ4n) is 3.93. The van der Waals surface area contributed by atoms with Crippen LogP contribution in [0, 0.1) is 0 Å². The van der Waals surface area contributed by atoms with Crippen molar-refractivity contribution < 1.29 is 14.3 Å². The molecule has 1 spiro atoms. The molecule has 2 aliphatic rings. The summed E-state index contributed by atoms with van der Waals surface area (Å²) in [7, 11) is 0. The van der Waals surface area contributed by atoms with E-state index in [1.807, 2.05) is 24.3 Å². The number of ketones is 1. The number of amides is 1. The summed E-state index contributed by atoms with van der Waals surface area (Å²) in [4.78, 5) is 27.4. The molecule has 1 aromatic heterocycles. The zero-order chi connectivity index (χ0) is 19.1. The lowest BCUT2D eigenvalue weighted by molar-refractivity contribution is 0.0428. The van der Waals surface area contributed by atoms with Crippen LogP contribution >= 0.6 is 0 Å². The van der Waals surface area contributed by atoms with E-state index in [-0.39, 0.29) is 11.7 Å². The van der Waals surface area contributed by atoms with E-state index in [2.05, 4.69) is 15.5 Å². The second kappa shape index (κ2) is 6.26. The van der Waals surface area contributed by atoms with Gasteiger partial charge in [0.15, 0.2) is 5.78 Å². The van der Waals surface area contributed by atoms with E-state index in [0.717, 1.165) is 0 Å². The van der Waals surface area contributed by atoms with Gasteiger partial charge in [0.25, 0.3) is 5.91 Å². The molecule has 3 heterocycles. The summed E-state index contributed by atoms with van der Waals surface area (Å²) in [6, 6.07) is 14.4. The van der Waals surface area contributed by atoms with Crippen molar-refractivity contribution in [1.82, 2.24) is 25.1 Å². The van der Waals surface area contributed by atoms with Crippen LogP contribution in [-0.2, 0) is 0 Å². The number of fused-ring (bicyclic) bond motifs is 1. The van der Waals surface area contributed by atoms with Gasteiger partial charge in [0.2, 0.25) is 0 Å². The summed E-state index contributed by atoms with van der Waals surface area (Å²) in [6.45, 7) is 0.935. The highest BCUT2D eigenvalue weighted by molar-refractivity contribution is 6.00. The number of likely N-dealkylation sites (tertiary alicyclic amines) is 1. The fourth-order valence-corrected chi connectivity index (χ4v) is 3.93. The Morgan fingerprint density at radius 2 is 2.04 bits per heavy atom. The number of carbonyl (C=O) groups is 2. The minimum absolute atomic E-state index is 0.0665. The SMILES string of the molecule is O=C1CC2(CCN(C(=O)c3cccc(-n4cnnn4)c3)C2)Oc2ccccc21. The molecule has 0 saturated carbocycles. The maximum Gasteiger partial charge on any atom is 0.254 e. The van der Waals surface area contributed by atoms with Crippen molar-refractivity contribution in [2.75, 3.05) is 13.1 Å². The van der Waals surface area contributed by atoms with Crippen LogP contribution in [0.2, 0.25) is 0 Å². The van der Waals surface area contributed by atoms with Crippen LogP contribution in [0.3, 0.4) is 0 Å². The van der Waals surface area contributed by atoms with Crippen molar-refractivity contribution in [1.29, 1.82) is 0 Å². The summed E-state index contributed by atoms with van der Waals surface area (Å²) in [5.41, 5.74) is 1.23. The van der Waals surface area contributed by atoms with E-state index in [1.54, 1.807) is 29.2 Å². The Morgan fingerprint density at radius 1 is 1.14 bits per heavy atom. The lowest BCUT2D eigenvalue weighted by atomic mass is 9.89. The molecule has 8 heteroatoms. The van der Waals surface area contributed by atoms with Crippen LogP contribution in [0.4, 0.5) is 0 Å². The average molecular weight is 375 g/mol. The van der Waals surface area contributed by atoms with Crippen LogP contribution in [0.15, 0.2) is 54.9 Å². The van der Waals surface area contributed by atoms with E-state index in [9.17, 15) is 9.59 Å². The molecule has 8 nitrogen and oxygen atoms in total. The number of aromatic nitrogens is 4. The Labute approximate surface area is 160 Å². The molecule has 2 aliphatic heterocycles. The van der Waals surface area contributed by atoms with Gasteiger partial charge in [0, 0.05) is 18.5 Å². The van der Waals surface area contributed by atoms with Crippen molar-refractivity contribution in [3.05, 3.63) is 66.0 Å². The van der Waals surface area contributed by atoms with Gasteiger partial charge in [0.05, 0.1) is 24.2 Å². The Kier molecular flexibility index (Phi) is 3.71. The van der Waals surface area contributed by atoms with Gasteiger partial charge < -0.3 is 9.64 Å². The maximum atomic E-state index is 13.0. The molecule has 0 bridgehead atoms. The maximum absolute atomic E-state index is 13.0. The van der Waals surface area contributed by atoms with Crippen molar-refractivity contribution in [3.63, 3.8) is 0 Å². The molecule has 2 aromatic carbocycles. The predicted octanol–water partition coefficient (Wildman–Crippen LogP) is 1.91. The zero-order valence-corrected chi connectivity index (χ0v) is 15.0. The lowest BCUT2D eigenvalue weighted by Crippen LogP contribution is -2.45. The molecule has 5 rings (SSSR count). The first kappa shape index (κ1) is 16.6. The minimum atomic E-state index is -0.644. The van der Waals surface area contributed by atoms with Crippen molar-refractivity contribution >= 4 is 11.7 Å². The smallest absolute Gasteiger partial charge is 0.254 e. The first-order valence-electron chi connectivity index (χ1n) is 9.08. The molecular formula is C20H17N5O3. The number of rotatable bonds is 2. The van der Waals surface area contributed by atoms with Crippen LogP contribution in [-0.4, -0.2) is 55.5 Å². The summed E-state index contributed by atoms with van der Waals surface area (Å²) in [6.07, 6.45) is 2.40. The minimum Gasteiger partial charge on any atom is -0.484 e. The Morgan fingerprint density at radius 3 is 2.89 bits per heavy atom. The third kappa shape index (κ3) is 2.74. The topological polar surface area (TPSA) is 90.2 Å². The number of nitrogens with zero attached hydrogens (tertiary/aromatic N) is 5. The van der Waals surface area contributed by atoms with Crippen LogP contribution in [0.5, 0.6) is 5.75 Å². The van der Waals surface area contributed by atoms with Gasteiger partial charge in [0.1, 0.15) is 17.7 Å². The molecule has 1 unspecified atom stereocenters. The molecule has 0 N–H and O–H groups in total. The lowest BCUT2D eigenvalue weighted by Gasteiger charge is -2.34. The predicted molar refractivity (Wildman–Crippen MR) is 98.4 cm³/mol. The van der Waals surface area contributed by atoms with Crippen LogP contribution in [0.25, 0.3) is 5.69 Å². The van der Waals surface area contributed by atoms with E-state index in [1.165, 1.54) is 11.0 Å². The zero-order valence-electron chi connectivity index (χ0n) is 15.0. The van der Waals surface area contributed by atoms with Crippen molar-refractivity contribution in [3.8, 4) is 11.4 Å². The molecule has 0 radical (unpaired) electrons. The number of hydrogen-bond acceptors (Lipinski definition) is 6. The highest BCUT2D eigenvalue weighted by Crippen LogP contribution is 2.38. The van der Waals surface area contributed by atoms with Gasteiger partial charge in [-0.25, -0.2) is 4.68 Å². The Balaban J connectivity index is 1.38. The summed E-state index contributed by atoms with van der Waals surface area (Å²) in [5.74, 6) is 0.576. The molecule has 140 valence electrons. The molecule has 1 saturated heterocycles. The molecule has 28 heavy (non-hydrogen) atoms. The molecule has 1 atom stereocenters. The van der Waals surface area contributed by atoms with Crippen molar-refractivity contribution in [2.45, 2.75) is 18.4 Å². The summed E-state index contributed by atoms with van der Waals surface area (Å²) in [5, 5.41) is 11.1. The molecule has 1 fully saturated rings. The number of tetrazole rings is 1. The van der Waals surface area contributed by atoms with Gasteiger partial charge in [-0.05, 0) is 40.8 Å². The van der Waals surface area contributed by atoms with E-state index in [4.69, 9.17) is 4.74 Å². The number of para-hydroxylation sites is 1. The van der Waals surface area contributed by atoms with Crippen LogP contribution in [0.1, 0.15) is 33.6 Å². The number of Topliss-reactive ketones (excluding diaryl/α,β-unsaturated/α-hetero) is 1. The Hall–Kier alpha value is -3.55. The number of carbonyl (C=O) groups excluding carboxylic acids is 2. The number of ether oxygens (including phenoxy) is 1. The number of hydrogen-bond donors (Lipinski definition) is 0. The first-order chi connectivity index (χ1) is 13.6. The number of benzene rings is 2. The van der Waals surface area contributed by atoms with Gasteiger partial charge in [-0.3, -0.25) is 9.59 Å². The van der Waals surface area contributed by atoms with Gasteiger partial charge in [-0.15, -0.1) is 5.10 Å². The van der Waals surface area contributed by atoms with Gasteiger partial charge in [-0.1, -0.05) is 18.2 Å². The molecule has 0 aliphatic carbocycles. The first-order valence-corrected chi connectivity index (χ1v) is 9.08. The second-order valence-electron chi connectivity index (χ2n) is 7.16. The van der Waals surface area contributed by atoms with Crippen LogP contribution < -0.4 is 4.74 Å². The second-order valence-corrected chi connectivity index (χ2v) is 7.16. The monoisotopic (exact) mass is 375 g/mol. The third-order valence-corrected chi connectivity index (χ3v) is 5.31. The third-order valence-electron chi connectivity index (χ3n) is 5.31. The summed E-state index contributed by atoms with van der Waals surface area (Å²) >= 11 is 0. The Bertz CT molecular complexity index is 1070. The molecular weight excluding hydrogens is 358 g/mol. The van der Waals surface area contributed by atoms with Gasteiger partial charge >= 0.3 is 0 Å². The largest absolute Gasteiger partial charge is 0.484 e. The summed E-state index contributed by atoms with van der Waals surface area (Å²) < 4.78 is 7.71. The van der Waals surface area contributed by atoms with Gasteiger partial charge in [-0.2, -0.15) is 0 Å². The van der Waals surface area contributed by atoms with Crippen molar-refractivity contribution in [2.24, 2.45) is 0 Å². The van der Waals surface area contributed by atoms with E-state index >= 15 is 0 Å².